The first-order valence-electron chi connectivity index (χ1n) is 5.40. The normalized spacial score (nSPS) is 10.4. The molecule has 0 spiro atoms. The van der Waals surface area contributed by atoms with Gasteiger partial charge in [-0.2, -0.15) is 0 Å². The second kappa shape index (κ2) is 3.91. The van der Waals surface area contributed by atoms with Gasteiger partial charge in [0, 0.05) is 16.5 Å². The fourth-order valence-electron chi connectivity index (χ4n) is 2.21. The number of nitrogens with zero attached hydrogens (tertiary/aromatic N) is 4. The summed E-state index contributed by atoms with van der Waals surface area (Å²) in [5.74, 6) is -0.553. The highest BCUT2D eigenvalue weighted by atomic mass is 16.1. The van der Waals surface area contributed by atoms with Crippen LogP contribution in [0.1, 0.15) is 10.4 Å². The molecule has 0 aliphatic rings. The smallest absolute Gasteiger partial charge is 0.251 e. The number of hydrogen-bond acceptors (Lipinski definition) is 1. The van der Waals surface area contributed by atoms with Crippen molar-refractivity contribution in [2.45, 2.75) is 0 Å². The van der Waals surface area contributed by atoms with E-state index in [-0.39, 0.29) is 0 Å². The van der Waals surface area contributed by atoms with Gasteiger partial charge in [-0.15, -0.1) is 0 Å². The van der Waals surface area contributed by atoms with Gasteiger partial charge in [0.2, 0.25) is 0 Å². The fraction of sp³-hybridized carbons (Fsp3) is 0. The van der Waals surface area contributed by atoms with Gasteiger partial charge in [-0.1, -0.05) is 24.3 Å². The van der Waals surface area contributed by atoms with E-state index in [2.05, 4.69) is 10.0 Å². The Morgan fingerprint density at radius 1 is 1.11 bits per heavy atom. The van der Waals surface area contributed by atoms with Crippen molar-refractivity contribution in [1.29, 1.82) is 0 Å². The number of benzene rings is 1. The molecule has 86 valence electrons. The van der Waals surface area contributed by atoms with Crippen LogP contribution in [0.4, 0.5) is 0 Å². The number of amides is 1. The highest BCUT2D eigenvalue weighted by molar-refractivity contribution is 6.14. The summed E-state index contributed by atoms with van der Waals surface area (Å²) in [5, 5.41) is 3.99. The summed E-state index contributed by atoms with van der Waals surface area (Å²) in [6.07, 6.45) is 1.88. The zero-order chi connectivity index (χ0) is 12.5. The number of para-hydroxylation sites is 1. The molecule has 5 nitrogen and oxygen atoms in total. The van der Waals surface area contributed by atoms with Crippen LogP contribution in [0.5, 0.6) is 0 Å². The third-order valence-corrected chi connectivity index (χ3v) is 2.90. The van der Waals surface area contributed by atoms with Gasteiger partial charge in [0.25, 0.3) is 5.91 Å². The molecule has 0 aliphatic heterocycles. The van der Waals surface area contributed by atoms with Crippen molar-refractivity contribution in [3.63, 3.8) is 0 Å². The first-order valence-corrected chi connectivity index (χ1v) is 5.40. The minimum Gasteiger partial charge on any atom is -0.316 e. The van der Waals surface area contributed by atoms with Crippen LogP contribution in [0.2, 0.25) is 0 Å². The van der Waals surface area contributed by atoms with Gasteiger partial charge in [0.1, 0.15) is 0 Å². The molecule has 0 radical (unpaired) electrons. The van der Waals surface area contributed by atoms with E-state index in [9.17, 15) is 4.79 Å². The molecule has 1 amide bonds. The monoisotopic (exact) mass is 236 g/mol. The van der Waals surface area contributed by atoms with Gasteiger partial charge in [-0.25, -0.2) is 0 Å². The lowest BCUT2D eigenvalue weighted by atomic mass is 10.1. The number of hydrogen-bond donors (Lipinski definition) is 0. The Kier molecular flexibility index (Phi) is 2.25. The van der Waals surface area contributed by atoms with Crippen LogP contribution in [-0.4, -0.2) is 10.3 Å². The topological polar surface area (TPSA) is 70.2 Å². The third-order valence-electron chi connectivity index (χ3n) is 2.90. The molecular weight excluding hydrogens is 228 g/mol. The summed E-state index contributed by atoms with van der Waals surface area (Å²) in [7, 11) is 0. The van der Waals surface area contributed by atoms with Crippen molar-refractivity contribution in [3.05, 3.63) is 64.7 Å². The summed E-state index contributed by atoms with van der Waals surface area (Å²) in [5.41, 5.74) is 10.5. The summed E-state index contributed by atoms with van der Waals surface area (Å²) in [6, 6.07) is 13.1. The molecule has 3 aromatic rings. The lowest BCUT2D eigenvalue weighted by Gasteiger charge is -1.95. The average molecular weight is 236 g/mol. The van der Waals surface area contributed by atoms with Crippen LogP contribution < -0.4 is 0 Å². The fourth-order valence-corrected chi connectivity index (χ4v) is 2.21. The van der Waals surface area contributed by atoms with Crippen LogP contribution in [0, 0.1) is 0 Å². The Labute approximate surface area is 102 Å². The van der Waals surface area contributed by atoms with E-state index in [1.165, 1.54) is 0 Å². The van der Waals surface area contributed by atoms with E-state index in [0.29, 0.717) is 5.56 Å². The summed E-state index contributed by atoms with van der Waals surface area (Å²) < 4.78 is 1.91. The molecule has 0 saturated carbocycles. The number of rotatable bonds is 1. The zero-order valence-electron chi connectivity index (χ0n) is 9.32. The number of carbonyl (C=O) groups is 1. The predicted octanol–water partition coefficient (Wildman–Crippen LogP) is 3.54. The Bertz CT molecular complexity index is 759. The van der Waals surface area contributed by atoms with E-state index >= 15 is 0 Å². The van der Waals surface area contributed by atoms with Crippen molar-refractivity contribution in [3.8, 4) is 0 Å². The summed E-state index contributed by atoms with van der Waals surface area (Å²) >= 11 is 0. The van der Waals surface area contributed by atoms with Gasteiger partial charge in [-0.3, -0.25) is 4.79 Å². The maximum Gasteiger partial charge on any atom is 0.251 e. The van der Waals surface area contributed by atoms with Gasteiger partial charge < -0.3 is 4.40 Å². The minimum absolute atomic E-state index is 0.448. The van der Waals surface area contributed by atoms with Gasteiger partial charge in [-0.05, 0) is 28.8 Å². The minimum atomic E-state index is -0.553. The molecule has 0 aliphatic carbocycles. The molecule has 0 saturated heterocycles. The van der Waals surface area contributed by atoms with Gasteiger partial charge >= 0.3 is 0 Å². The Morgan fingerprint density at radius 2 is 1.83 bits per heavy atom. The Hall–Kier alpha value is -2.78. The molecule has 0 fully saturated rings. The van der Waals surface area contributed by atoms with E-state index in [1.807, 2.05) is 53.1 Å². The largest absolute Gasteiger partial charge is 0.316 e. The molecule has 0 N–H and O–H groups in total. The van der Waals surface area contributed by atoms with E-state index in [4.69, 9.17) is 5.53 Å². The highest BCUT2D eigenvalue weighted by Gasteiger charge is 2.15. The molecule has 3 rings (SSSR count). The summed E-state index contributed by atoms with van der Waals surface area (Å²) in [6.45, 7) is 0. The average Bonchev–Trinajstić information content (AvgIpc) is 2.73. The molecule has 1 aromatic carbocycles. The SMILES string of the molecule is [N-]=[N+]=NC(=O)c1c2ccccc2n2ccccc12. The van der Waals surface area contributed by atoms with Gasteiger partial charge in [0.15, 0.2) is 0 Å². The number of carbonyl (C=O) groups excluding carboxylic acids is 1. The molecule has 0 atom stereocenters. The first-order chi connectivity index (χ1) is 8.83. The van der Waals surface area contributed by atoms with Crippen LogP contribution in [-0.2, 0) is 0 Å². The molecule has 0 unspecified atom stereocenters. The van der Waals surface area contributed by atoms with Crippen LogP contribution >= 0.6 is 0 Å². The van der Waals surface area contributed by atoms with Crippen molar-refractivity contribution in [2.75, 3.05) is 0 Å². The molecular formula is C13H8N4O. The maximum atomic E-state index is 11.9. The molecule has 2 aromatic heterocycles. The molecule has 18 heavy (non-hydrogen) atoms. The van der Waals surface area contributed by atoms with Gasteiger partial charge in [0.05, 0.1) is 16.6 Å². The number of aromatic nitrogens is 1. The predicted molar refractivity (Wildman–Crippen MR) is 68.4 cm³/mol. The number of fused-ring (bicyclic) bond motifs is 3. The van der Waals surface area contributed by atoms with Crippen molar-refractivity contribution < 1.29 is 4.79 Å². The summed E-state index contributed by atoms with van der Waals surface area (Å²) in [4.78, 5) is 14.5. The van der Waals surface area contributed by atoms with Crippen LogP contribution in [0.15, 0.2) is 53.8 Å². The van der Waals surface area contributed by atoms with E-state index in [1.54, 1.807) is 0 Å². The van der Waals surface area contributed by atoms with Crippen molar-refractivity contribution >= 4 is 22.3 Å². The quantitative estimate of drug-likeness (QED) is 0.362. The Morgan fingerprint density at radius 3 is 2.67 bits per heavy atom. The lowest BCUT2D eigenvalue weighted by Crippen LogP contribution is -1.93. The second-order valence-corrected chi connectivity index (χ2v) is 3.84. The van der Waals surface area contributed by atoms with Crippen molar-refractivity contribution in [2.24, 2.45) is 5.11 Å². The highest BCUT2D eigenvalue weighted by Crippen LogP contribution is 2.27. The van der Waals surface area contributed by atoms with Crippen LogP contribution in [0.3, 0.4) is 0 Å². The van der Waals surface area contributed by atoms with E-state index < -0.39 is 5.91 Å². The zero-order valence-corrected chi connectivity index (χ0v) is 9.32. The van der Waals surface area contributed by atoms with E-state index in [0.717, 1.165) is 16.4 Å². The van der Waals surface area contributed by atoms with Crippen LogP contribution in [0.25, 0.3) is 26.9 Å². The first kappa shape index (κ1) is 10.4. The maximum absolute atomic E-state index is 11.9. The number of pyridine rings is 1. The van der Waals surface area contributed by atoms with Crippen molar-refractivity contribution in [1.82, 2.24) is 4.40 Å². The standard InChI is InChI=1S/C13H8N4O/c14-16-15-13(18)12-9-5-1-2-6-10(9)17-8-4-3-7-11(12)17/h1-8H. The third kappa shape index (κ3) is 1.35. The lowest BCUT2D eigenvalue weighted by molar-refractivity contribution is 0.100. The number of azide groups is 1. The Balaban J connectivity index is 2.53. The molecule has 0 bridgehead atoms. The second-order valence-electron chi connectivity index (χ2n) is 3.84. The molecule has 5 heteroatoms. The molecule has 2 heterocycles.